The molecule has 1 N–H and O–H groups in total. The molecular formula is C20H22FN3O2. The second-order valence-electron chi connectivity index (χ2n) is 6.34. The molecule has 1 fully saturated rings. The van der Waals surface area contributed by atoms with Crippen molar-refractivity contribution >= 4 is 5.69 Å². The molecule has 0 saturated carbocycles. The number of ether oxygens (including phenoxy) is 1. The fourth-order valence-electron chi connectivity index (χ4n) is 3.05. The average Bonchev–Trinajstić information content (AvgIpc) is 2.68. The highest BCUT2D eigenvalue weighted by Crippen LogP contribution is 2.20. The van der Waals surface area contributed by atoms with E-state index in [1.807, 2.05) is 11.0 Å². The summed E-state index contributed by atoms with van der Waals surface area (Å²) >= 11 is 0. The molecule has 6 heteroatoms. The molecule has 26 heavy (non-hydrogen) atoms. The van der Waals surface area contributed by atoms with E-state index in [9.17, 15) is 9.50 Å². The van der Waals surface area contributed by atoms with Gasteiger partial charge in [-0.25, -0.2) is 4.39 Å². The lowest BCUT2D eigenvalue weighted by Gasteiger charge is -2.36. The predicted molar refractivity (Wildman–Crippen MR) is 97.7 cm³/mol. The van der Waals surface area contributed by atoms with Gasteiger partial charge in [0.25, 0.3) is 0 Å². The second-order valence-corrected chi connectivity index (χ2v) is 6.34. The molecule has 136 valence electrons. The molecule has 1 saturated heterocycles. The van der Waals surface area contributed by atoms with Gasteiger partial charge in [-0.1, -0.05) is 12.1 Å². The maximum absolute atomic E-state index is 13.9. The summed E-state index contributed by atoms with van der Waals surface area (Å²) in [5.74, 6) is 0.434. The van der Waals surface area contributed by atoms with Crippen molar-refractivity contribution in [3.8, 4) is 11.8 Å². The number of piperazine rings is 1. The molecule has 0 aliphatic carbocycles. The summed E-state index contributed by atoms with van der Waals surface area (Å²) in [6, 6.07) is 15.7. The Morgan fingerprint density at radius 1 is 1.08 bits per heavy atom. The largest absolute Gasteiger partial charge is 0.491 e. The van der Waals surface area contributed by atoms with Gasteiger partial charge in [0.1, 0.15) is 24.3 Å². The zero-order valence-electron chi connectivity index (χ0n) is 14.5. The first-order chi connectivity index (χ1) is 12.7. The number of β-amino-alcohol motifs (C(OH)–C–C–N with tert-alkyl or cyclic N) is 1. The average molecular weight is 355 g/mol. The lowest BCUT2D eigenvalue weighted by atomic mass is 10.2. The van der Waals surface area contributed by atoms with Gasteiger partial charge < -0.3 is 14.7 Å². The highest BCUT2D eigenvalue weighted by atomic mass is 19.1. The number of nitrogens with zero attached hydrogens (tertiary/aromatic N) is 3. The van der Waals surface area contributed by atoms with Crippen LogP contribution in [0.15, 0.2) is 48.5 Å². The standard InChI is InChI=1S/C20H22FN3O2/c21-19-3-1-2-4-20(19)24-11-9-23(10-12-24)14-17(25)15-26-18-7-5-16(13-22)6-8-18/h1-8,17,25H,9-12,14-15H2/t17-/m1/s1. The van der Waals surface area contributed by atoms with Gasteiger partial charge in [0, 0.05) is 32.7 Å². The summed E-state index contributed by atoms with van der Waals surface area (Å²) in [6.45, 7) is 3.69. The van der Waals surface area contributed by atoms with Crippen molar-refractivity contribution in [1.82, 2.24) is 4.90 Å². The van der Waals surface area contributed by atoms with Crippen LogP contribution in [0.4, 0.5) is 10.1 Å². The Morgan fingerprint density at radius 2 is 1.77 bits per heavy atom. The zero-order valence-corrected chi connectivity index (χ0v) is 14.5. The first kappa shape index (κ1) is 18.2. The summed E-state index contributed by atoms with van der Waals surface area (Å²) in [5, 5.41) is 19.0. The number of nitriles is 1. The monoisotopic (exact) mass is 355 g/mol. The molecule has 0 bridgehead atoms. The van der Waals surface area contributed by atoms with Gasteiger partial charge in [-0.05, 0) is 36.4 Å². The molecule has 1 heterocycles. The molecule has 0 spiro atoms. The summed E-state index contributed by atoms with van der Waals surface area (Å²) in [5.41, 5.74) is 1.21. The van der Waals surface area contributed by atoms with Crippen LogP contribution in [0.3, 0.4) is 0 Å². The minimum Gasteiger partial charge on any atom is -0.491 e. The van der Waals surface area contributed by atoms with E-state index >= 15 is 0 Å². The third-order valence-electron chi connectivity index (χ3n) is 4.46. The number of rotatable bonds is 6. The molecule has 5 nitrogen and oxygen atoms in total. The third kappa shape index (κ3) is 4.72. The van der Waals surface area contributed by atoms with Crippen molar-refractivity contribution in [2.24, 2.45) is 0 Å². The van der Waals surface area contributed by atoms with E-state index < -0.39 is 6.10 Å². The number of para-hydroxylation sites is 1. The van der Waals surface area contributed by atoms with Crippen LogP contribution in [0, 0.1) is 17.1 Å². The molecule has 2 aromatic rings. The van der Waals surface area contributed by atoms with Crippen LogP contribution in [0.5, 0.6) is 5.75 Å². The van der Waals surface area contributed by atoms with Crippen LogP contribution in [-0.2, 0) is 0 Å². The van der Waals surface area contributed by atoms with Crippen LogP contribution in [0.2, 0.25) is 0 Å². The fourth-order valence-corrected chi connectivity index (χ4v) is 3.05. The Bertz CT molecular complexity index is 752. The molecular weight excluding hydrogens is 333 g/mol. The van der Waals surface area contributed by atoms with Crippen molar-refractivity contribution in [3.63, 3.8) is 0 Å². The number of anilines is 1. The highest BCUT2D eigenvalue weighted by molar-refractivity contribution is 5.48. The predicted octanol–water partition coefficient (Wildman–Crippen LogP) is 2.26. The Hall–Kier alpha value is -2.62. The number of benzene rings is 2. The summed E-state index contributed by atoms with van der Waals surface area (Å²) in [7, 11) is 0. The summed E-state index contributed by atoms with van der Waals surface area (Å²) < 4.78 is 19.4. The van der Waals surface area contributed by atoms with E-state index in [4.69, 9.17) is 10.00 Å². The number of aliphatic hydroxyl groups excluding tert-OH is 1. The van der Waals surface area contributed by atoms with E-state index in [1.54, 1.807) is 36.4 Å². The highest BCUT2D eigenvalue weighted by Gasteiger charge is 2.21. The lowest BCUT2D eigenvalue weighted by molar-refractivity contribution is 0.0662. The van der Waals surface area contributed by atoms with Crippen molar-refractivity contribution in [2.75, 3.05) is 44.2 Å². The fraction of sp³-hybridized carbons (Fsp3) is 0.350. The molecule has 0 unspecified atom stereocenters. The molecule has 3 rings (SSSR count). The van der Waals surface area contributed by atoms with Crippen LogP contribution < -0.4 is 9.64 Å². The van der Waals surface area contributed by atoms with Gasteiger partial charge >= 0.3 is 0 Å². The maximum atomic E-state index is 13.9. The third-order valence-corrected chi connectivity index (χ3v) is 4.46. The number of halogens is 1. The number of hydrogen-bond acceptors (Lipinski definition) is 5. The number of aliphatic hydroxyl groups is 1. The molecule has 1 aliphatic rings. The van der Waals surface area contributed by atoms with Crippen LogP contribution in [-0.4, -0.2) is 55.4 Å². The quantitative estimate of drug-likeness (QED) is 0.861. The molecule has 2 aromatic carbocycles. The van der Waals surface area contributed by atoms with Crippen molar-refractivity contribution < 1.29 is 14.2 Å². The lowest BCUT2D eigenvalue weighted by Crippen LogP contribution is -2.49. The summed E-state index contributed by atoms with van der Waals surface area (Å²) in [4.78, 5) is 4.19. The zero-order chi connectivity index (χ0) is 18.4. The smallest absolute Gasteiger partial charge is 0.146 e. The van der Waals surface area contributed by atoms with Crippen LogP contribution in [0.1, 0.15) is 5.56 Å². The minimum atomic E-state index is -0.606. The molecule has 0 amide bonds. The SMILES string of the molecule is N#Cc1ccc(OC[C@H](O)CN2CCN(c3ccccc3F)CC2)cc1. The van der Waals surface area contributed by atoms with Crippen LogP contribution >= 0.6 is 0 Å². The molecule has 1 atom stereocenters. The van der Waals surface area contributed by atoms with E-state index in [2.05, 4.69) is 11.0 Å². The number of hydrogen-bond donors (Lipinski definition) is 1. The van der Waals surface area contributed by atoms with Crippen LogP contribution in [0.25, 0.3) is 0 Å². The van der Waals surface area contributed by atoms with Crippen molar-refractivity contribution in [2.45, 2.75) is 6.10 Å². The van der Waals surface area contributed by atoms with Gasteiger partial charge in [0.2, 0.25) is 0 Å². The van der Waals surface area contributed by atoms with Crippen molar-refractivity contribution in [1.29, 1.82) is 5.26 Å². The Labute approximate surface area is 152 Å². The maximum Gasteiger partial charge on any atom is 0.146 e. The van der Waals surface area contributed by atoms with Gasteiger partial charge in [-0.3, -0.25) is 4.90 Å². The van der Waals surface area contributed by atoms with E-state index in [0.29, 0.717) is 23.5 Å². The normalized spacial score (nSPS) is 16.1. The first-order valence-corrected chi connectivity index (χ1v) is 8.68. The van der Waals surface area contributed by atoms with Gasteiger partial charge in [0.05, 0.1) is 17.3 Å². The van der Waals surface area contributed by atoms with Gasteiger partial charge in [-0.2, -0.15) is 5.26 Å². The Morgan fingerprint density at radius 3 is 2.42 bits per heavy atom. The topological polar surface area (TPSA) is 59.7 Å². The van der Waals surface area contributed by atoms with Gasteiger partial charge in [0.15, 0.2) is 0 Å². The van der Waals surface area contributed by atoms with Gasteiger partial charge in [-0.15, -0.1) is 0 Å². The van der Waals surface area contributed by atoms with E-state index in [-0.39, 0.29) is 12.4 Å². The second kappa shape index (κ2) is 8.65. The molecule has 1 aliphatic heterocycles. The van der Waals surface area contributed by atoms with Crippen molar-refractivity contribution in [3.05, 3.63) is 59.9 Å². The molecule has 0 radical (unpaired) electrons. The molecule has 0 aromatic heterocycles. The minimum absolute atomic E-state index is 0.194. The van der Waals surface area contributed by atoms with E-state index in [0.717, 1.165) is 26.2 Å². The first-order valence-electron chi connectivity index (χ1n) is 8.68. The Balaban J connectivity index is 1.42. The van der Waals surface area contributed by atoms with E-state index in [1.165, 1.54) is 6.07 Å². The Kier molecular flexibility index (Phi) is 6.05. The summed E-state index contributed by atoms with van der Waals surface area (Å²) in [6.07, 6.45) is -0.606.